The predicted octanol–water partition coefficient (Wildman–Crippen LogP) is 19.4. The Morgan fingerprint density at radius 2 is 0.577 bits per heavy atom. The highest BCUT2D eigenvalue weighted by Gasteiger charge is 2.19. The molecule has 0 saturated carbocycles. The molecule has 1 atom stereocenters. The average molecular weight is 982 g/mol. The third-order valence-electron chi connectivity index (χ3n) is 11.6. The molecular weight excluding hydrogens is 877 g/mol. The van der Waals surface area contributed by atoms with Crippen LogP contribution in [-0.4, -0.2) is 37.2 Å². The topological polar surface area (TPSA) is 78.9 Å². The fourth-order valence-corrected chi connectivity index (χ4v) is 7.39. The summed E-state index contributed by atoms with van der Waals surface area (Å²) in [6, 6.07) is 0. The van der Waals surface area contributed by atoms with Gasteiger partial charge < -0.3 is 14.2 Å². The number of unbranched alkanes of at least 4 members (excludes halogenated alkanes) is 17. The van der Waals surface area contributed by atoms with E-state index in [1.54, 1.807) is 0 Å². The van der Waals surface area contributed by atoms with Crippen molar-refractivity contribution in [1.29, 1.82) is 0 Å². The SMILES string of the molecule is CC/C=C\C/C=C\C/C=C\C/C=C\C/C=C\C/C=C\CCC(=O)OC[C@@H](COC(=O)CCCCCCC/C=C\C/C=C\C/C=C\CC)OC(=O)CCCCCCCCCCC/C=C\C/C=C\CCCCC. The lowest BCUT2D eigenvalue weighted by Gasteiger charge is -2.18. The zero-order valence-corrected chi connectivity index (χ0v) is 45.7. The third-order valence-corrected chi connectivity index (χ3v) is 11.6. The zero-order valence-electron chi connectivity index (χ0n) is 45.7. The Balaban J connectivity index is 4.54. The maximum atomic E-state index is 12.9. The van der Waals surface area contributed by atoms with Crippen LogP contribution in [0.5, 0.6) is 0 Å². The van der Waals surface area contributed by atoms with Crippen molar-refractivity contribution >= 4 is 17.9 Å². The van der Waals surface area contributed by atoms with Crippen molar-refractivity contribution in [3.63, 3.8) is 0 Å². The van der Waals surface area contributed by atoms with Gasteiger partial charge in [0.1, 0.15) is 13.2 Å². The minimum atomic E-state index is -0.824. The molecule has 0 aliphatic carbocycles. The molecule has 0 aromatic rings. The highest BCUT2D eigenvalue weighted by atomic mass is 16.6. The zero-order chi connectivity index (χ0) is 51.4. The highest BCUT2D eigenvalue weighted by molar-refractivity contribution is 5.71. The number of ether oxygens (including phenoxy) is 3. The number of rotatable bonds is 50. The van der Waals surface area contributed by atoms with Crippen molar-refractivity contribution in [2.45, 2.75) is 245 Å². The van der Waals surface area contributed by atoms with Crippen LogP contribution in [0.15, 0.2) is 134 Å². The summed E-state index contributed by atoms with van der Waals surface area (Å²) in [5.41, 5.74) is 0. The second-order valence-electron chi connectivity index (χ2n) is 18.4. The first kappa shape index (κ1) is 66.6. The van der Waals surface area contributed by atoms with Gasteiger partial charge in [0, 0.05) is 19.3 Å². The molecule has 0 N–H and O–H groups in total. The Kier molecular flexibility index (Phi) is 54.5. The summed E-state index contributed by atoms with van der Waals surface area (Å²) in [5, 5.41) is 0. The highest BCUT2D eigenvalue weighted by Crippen LogP contribution is 2.14. The minimum absolute atomic E-state index is 0.116. The smallest absolute Gasteiger partial charge is 0.306 e. The molecule has 0 aromatic carbocycles. The maximum absolute atomic E-state index is 12.9. The molecule has 0 unspecified atom stereocenters. The van der Waals surface area contributed by atoms with Crippen molar-refractivity contribution < 1.29 is 28.6 Å². The summed E-state index contributed by atoms with van der Waals surface area (Å²) in [6.45, 7) is 6.30. The number of esters is 3. The summed E-state index contributed by atoms with van der Waals surface area (Å²) < 4.78 is 16.8. The van der Waals surface area contributed by atoms with Gasteiger partial charge in [0.2, 0.25) is 0 Å². The van der Waals surface area contributed by atoms with Gasteiger partial charge in [-0.15, -0.1) is 0 Å². The van der Waals surface area contributed by atoms with E-state index in [2.05, 4.69) is 148 Å². The van der Waals surface area contributed by atoms with E-state index in [9.17, 15) is 14.4 Å². The molecule has 0 amide bonds. The van der Waals surface area contributed by atoms with E-state index < -0.39 is 6.10 Å². The van der Waals surface area contributed by atoms with Crippen LogP contribution in [0.25, 0.3) is 0 Å². The molecule has 0 aromatic heterocycles. The van der Waals surface area contributed by atoms with Gasteiger partial charge in [0.05, 0.1) is 0 Å². The number of allylic oxidation sites excluding steroid dienone is 22. The Morgan fingerprint density at radius 3 is 0.944 bits per heavy atom. The van der Waals surface area contributed by atoms with Crippen LogP contribution in [0.2, 0.25) is 0 Å². The van der Waals surface area contributed by atoms with Crippen LogP contribution < -0.4 is 0 Å². The monoisotopic (exact) mass is 981 g/mol. The molecule has 0 radical (unpaired) electrons. The van der Waals surface area contributed by atoms with E-state index in [0.717, 1.165) is 122 Å². The first-order valence-electron chi connectivity index (χ1n) is 28.7. The normalized spacial score (nSPS) is 13.1. The molecule has 0 heterocycles. The van der Waals surface area contributed by atoms with Crippen LogP contribution in [0.3, 0.4) is 0 Å². The van der Waals surface area contributed by atoms with Crippen LogP contribution in [0, 0.1) is 0 Å². The number of carbonyl (C=O) groups is 3. The van der Waals surface area contributed by atoms with Crippen LogP contribution in [-0.2, 0) is 28.6 Å². The first-order valence-corrected chi connectivity index (χ1v) is 28.7. The van der Waals surface area contributed by atoms with E-state index in [-0.39, 0.29) is 37.5 Å². The average Bonchev–Trinajstić information content (AvgIpc) is 3.37. The van der Waals surface area contributed by atoms with Gasteiger partial charge in [0.15, 0.2) is 6.10 Å². The molecule has 6 heteroatoms. The number of hydrogen-bond acceptors (Lipinski definition) is 6. The molecular formula is C65H104O6. The van der Waals surface area contributed by atoms with Gasteiger partial charge in [-0.3, -0.25) is 14.4 Å². The first-order chi connectivity index (χ1) is 35.0. The second-order valence-corrected chi connectivity index (χ2v) is 18.4. The van der Waals surface area contributed by atoms with Crippen LogP contribution in [0.1, 0.15) is 239 Å². The molecule has 0 aliphatic heterocycles. The quantitative estimate of drug-likeness (QED) is 0.0262. The Bertz CT molecular complexity index is 1550. The molecule has 400 valence electrons. The van der Waals surface area contributed by atoms with E-state index in [4.69, 9.17) is 14.2 Å². The standard InChI is InChI=1S/C65H104O6/c1-4-7-10-13-16-19-22-25-28-30-32-34-37-40-43-46-49-52-55-58-64(67)70-61-62(60-69-63(66)57-54-51-48-45-42-39-36-27-24-21-18-15-12-9-6-3)71-65(68)59-56-53-50-47-44-41-38-35-33-31-29-26-23-20-17-14-11-8-5-2/h7,9-10,12,16-21,25-29,32,34,36,40,43,49,52,62H,4-6,8,11,13-15,22-24,30-31,33,35,37-39,41-42,44-48,50-51,53-61H2,1-3H3/b10-7-,12-9-,19-16-,20-17-,21-18-,28-25-,29-26-,34-32-,36-27-,43-40-,52-49-/t62-/m1/s1. The van der Waals surface area contributed by atoms with E-state index in [1.165, 1.54) is 70.6 Å². The number of hydrogen-bond donors (Lipinski definition) is 0. The van der Waals surface area contributed by atoms with Gasteiger partial charge in [-0.05, 0) is 122 Å². The van der Waals surface area contributed by atoms with Gasteiger partial charge in [-0.2, -0.15) is 0 Å². The van der Waals surface area contributed by atoms with Crippen molar-refractivity contribution in [1.82, 2.24) is 0 Å². The van der Waals surface area contributed by atoms with Gasteiger partial charge in [-0.25, -0.2) is 0 Å². The fourth-order valence-electron chi connectivity index (χ4n) is 7.39. The largest absolute Gasteiger partial charge is 0.462 e. The van der Waals surface area contributed by atoms with Gasteiger partial charge in [0.25, 0.3) is 0 Å². The second kappa shape index (κ2) is 58.1. The van der Waals surface area contributed by atoms with E-state index in [0.29, 0.717) is 19.3 Å². The minimum Gasteiger partial charge on any atom is -0.462 e. The predicted molar refractivity (Wildman–Crippen MR) is 306 cm³/mol. The van der Waals surface area contributed by atoms with Gasteiger partial charge >= 0.3 is 17.9 Å². The molecule has 71 heavy (non-hydrogen) atoms. The third kappa shape index (κ3) is 56.3. The molecule has 0 aliphatic rings. The lowest BCUT2D eigenvalue weighted by molar-refractivity contribution is -0.166. The summed E-state index contributed by atoms with van der Waals surface area (Å²) in [4.78, 5) is 38.2. The molecule has 0 spiro atoms. The summed E-state index contributed by atoms with van der Waals surface area (Å²) in [7, 11) is 0. The van der Waals surface area contributed by atoms with E-state index >= 15 is 0 Å². The molecule has 0 saturated heterocycles. The summed E-state index contributed by atoms with van der Waals surface area (Å²) >= 11 is 0. The van der Waals surface area contributed by atoms with Crippen LogP contribution in [0.4, 0.5) is 0 Å². The Labute approximate surface area is 436 Å². The molecule has 6 nitrogen and oxygen atoms in total. The molecule has 0 rings (SSSR count). The number of carbonyl (C=O) groups excluding carboxylic acids is 3. The van der Waals surface area contributed by atoms with Crippen molar-refractivity contribution in [2.24, 2.45) is 0 Å². The lowest BCUT2D eigenvalue weighted by Crippen LogP contribution is -2.30. The fraction of sp³-hybridized carbons (Fsp3) is 0.615. The Morgan fingerprint density at radius 1 is 0.296 bits per heavy atom. The van der Waals surface area contributed by atoms with Gasteiger partial charge in [-0.1, -0.05) is 231 Å². The van der Waals surface area contributed by atoms with Crippen molar-refractivity contribution in [3.05, 3.63) is 134 Å². The summed E-state index contributed by atoms with van der Waals surface area (Å²) in [5.74, 6) is -1.03. The van der Waals surface area contributed by atoms with Crippen LogP contribution >= 0.6 is 0 Å². The van der Waals surface area contributed by atoms with Crippen molar-refractivity contribution in [3.8, 4) is 0 Å². The van der Waals surface area contributed by atoms with E-state index in [1.807, 2.05) is 6.08 Å². The summed E-state index contributed by atoms with van der Waals surface area (Å²) in [6.07, 6.45) is 81.6. The molecule has 0 fully saturated rings. The molecule has 0 bridgehead atoms. The maximum Gasteiger partial charge on any atom is 0.306 e. The Hall–Kier alpha value is -4.45. The van der Waals surface area contributed by atoms with Crippen molar-refractivity contribution in [2.75, 3.05) is 13.2 Å². The lowest BCUT2D eigenvalue weighted by atomic mass is 10.1.